The first-order valence-corrected chi connectivity index (χ1v) is 10.8. The van der Waals surface area contributed by atoms with E-state index >= 15 is 0 Å². The molecule has 1 aliphatic rings. The van der Waals surface area contributed by atoms with E-state index in [4.69, 9.17) is 4.74 Å². The molecular weight excluding hydrogens is 497 g/mol. The van der Waals surface area contributed by atoms with Gasteiger partial charge in [0.05, 0.1) is 6.54 Å². The lowest BCUT2D eigenvalue weighted by Crippen LogP contribution is -2.48. The van der Waals surface area contributed by atoms with Gasteiger partial charge in [-0.2, -0.15) is 0 Å². The third-order valence-electron chi connectivity index (χ3n) is 4.85. The van der Waals surface area contributed by atoms with Crippen molar-refractivity contribution >= 4 is 41.9 Å². The summed E-state index contributed by atoms with van der Waals surface area (Å²) in [5, 5.41) is 3.33. The van der Waals surface area contributed by atoms with E-state index in [0.29, 0.717) is 25.4 Å². The molecule has 8 nitrogen and oxygen atoms in total. The number of carbonyl (C=O) groups is 2. The molecule has 0 saturated carbocycles. The minimum absolute atomic E-state index is 0. The highest BCUT2D eigenvalue weighted by Crippen LogP contribution is 2.20. The van der Waals surface area contributed by atoms with Gasteiger partial charge in [-0.15, -0.1) is 24.0 Å². The number of amides is 2. The number of guanidine groups is 1. The molecular formula is C21H42IN5O3. The molecule has 9 heteroatoms. The van der Waals surface area contributed by atoms with Crippen LogP contribution in [0.15, 0.2) is 4.99 Å². The number of hydrogen-bond acceptors (Lipinski definition) is 4. The highest BCUT2D eigenvalue weighted by molar-refractivity contribution is 14.0. The monoisotopic (exact) mass is 539 g/mol. The number of hydrogen-bond donors (Lipinski definition) is 1. The normalized spacial score (nSPS) is 15.3. The topological polar surface area (TPSA) is 77.5 Å². The first kappa shape index (κ1) is 28.7. The standard InChI is InChI=1S/C21H41N5O3.HI/c1-8-22-19(23-13-10-18(27)24(6)7)26-14-11-17(12-15-26)16-25(9-2)20(28)29-21(3,4)5;/h17H,8-16H2,1-7H3,(H,22,23);1H. The van der Waals surface area contributed by atoms with Crippen LogP contribution in [0.4, 0.5) is 4.79 Å². The van der Waals surface area contributed by atoms with Crippen LogP contribution in [0, 0.1) is 5.92 Å². The van der Waals surface area contributed by atoms with Gasteiger partial charge in [-0.1, -0.05) is 0 Å². The zero-order chi connectivity index (χ0) is 22.0. The van der Waals surface area contributed by atoms with Gasteiger partial charge < -0.3 is 24.8 Å². The zero-order valence-corrected chi connectivity index (χ0v) is 22.2. The van der Waals surface area contributed by atoms with Crippen molar-refractivity contribution in [3.05, 3.63) is 0 Å². The fourth-order valence-electron chi connectivity index (χ4n) is 3.21. The second kappa shape index (κ2) is 13.9. The minimum atomic E-state index is -0.473. The summed E-state index contributed by atoms with van der Waals surface area (Å²) in [6, 6.07) is 0. The quantitative estimate of drug-likeness (QED) is 0.306. The van der Waals surface area contributed by atoms with E-state index in [1.165, 1.54) is 0 Å². The number of piperidine rings is 1. The number of nitrogens with zero attached hydrogens (tertiary/aromatic N) is 4. The molecule has 1 aliphatic heterocycles. The number of nitrogens with one attached hydrogen (secondary N) is 1. The summed E-state index contributed by atoms with van der Waals surface area (Å²) in [6.07, 6.45) is 2.18. The summed E-state index contributed by atoms with van der Waals surface area (Å²) >= 11 is 0. The van der Waals surface area contributed by atoms with Crippen LogP contribution in [0.3, 0.4) is 0 Å². The Labute approximate surface area is 199 Å². The Bertz CT molecular complexity index is 555. The minimum Gasteiger partial charge on any atom is -0.444 e. The van der Waals surface area contributed by atoms with E-state index in [1.807, 2.05) is 34.6 Å². The Morgan fingerprint density at radius 3 is 2.23 bits per heavy atom. The predicted octanol–water partition coefficient (Wildman–Crippen LogP) is 3.02. The predicted molar refractivity (Wildman–Crippen MR) is 132 cm³/mol. The van der Waals surface area contributed by atoms with Gasteiger partial charge in [0.15, 0.2) is 5.96 Å². The number of rotatable bonds is 7. The molecule has 1 fully saturated rings. The van der Waals surface area contributed by atoms with Gasteiger partial charge in [0.25, 0.3) is 0 Å². The van der Waals surface area contributed by atoms with Crippen LogP contribution in [0.25, 0.3) is 0 Å². The van der Waals surface area contributed by atoms with E-state index in [2.05, 4.69) is 15.2 Å². The van der Waals surface area contributed by atoms with Crippen molar-refractivity contribution in [2.75, 3.05) is 53.4 Å². The summed E-state index contributed by atoms with van der Waals surface area (Å²) < 4.78 is 5.52. The van der Waals surface area contributed by atoms with Crippen LogP contribution >= 0.6 is 24.0 Å². The van der Waals surface area contributed by atoms with Crippen LogP contribution < -0.4 is 5.32 Å². The molecule has 1 heterocycles. The SMILES string of the molecule is CCNC(=NCCC(=O)N(C)C)N1CCC(CN(CC)C(=O)OC(C)(C)C)CC1.I. The highest BCUT2D eigenvalue weighted by Gasteiger charge is 2.27. The maximum absolute atomic E-state index is 12.4. The summed E-state index contributed by atoms with van der Waals surface area (Å²) in [7, 11) is 3.53. The summed E-state index contributed by atoms with van der Waals surface area (Å²) in [5.74, 6) is 1.42. The molecule has 0 aromatic heterocycles. The van der Waals surface area contributed by atoms with Crippen LogP contribution in [0.1, 0.15) is 53.9 Å². The molecule has 1 saturated heterocycles. The molecule has 2 amide bonds. The van der Waals surface area contributed by atoms with Crippen molar-refractivity contribution < 1.29 is 14.3 Å². The molecule has 0 spiro atoms. The van der Waals surface area contributed by atoms with Crippen molar-refractivity contribution in [1.29, 1.82) is 0 Å². The Kier molecular flexibility index (Phi) is 13.3. The molecule has 0 atom stereocenters. The molecule has 1 N–H and O–H groups in total. The molecule has 1 rings (SSSR count). The van der Waals surface area contributed by atoms with Crippen LogP contribution in [0.5, 0.6) is 0 Å². The second-order valence-corrected chi connectivity index (χ2v) is 8.72. The largest absolute Gasteiger partial charge is 0.444 e. The molecule has 0 bridgehead atoms. The van der Waals surface area contributed by atoms with E-state index < -0.39 is 5.60 Å². The number of likely N-dealkylation sites (tertiary alicyclic amines) is 1. The fourth-order valence-corrected chi connectivity index (χ4v) is 3.21. The molecule has 0 unspecified atom stereocenters. The first-order valence-electron chi connectivity index (χ1n) is 10.8. The highest BCUT2D eigenvalue weighted by atomic mass is 127. The maximum Gasteiger partial charge on any atom is 0.410 e. The lowest BCUT2D eigenvalue weighted by atomic mass is 9.96. The smallest absolute Gasteiger partial charge is 0.410 e. The van der Waals surface area contributed by atoms with Gasteiger partial charge >= 0.3 is 6.09 Å². The van der Waals surface area contributed by atoms with E-state index in [0.717, 1.165) is 45.0 Å². The van der Waals surface area contributed by atoms with Gasteiger partial charge in [0.2, 0.25) is 5.91 Å². The van der Waals surface area contributed by atoms with E-state index in [9.17, 15) is 9.59 Å². The average Bonchev–Trinajstić information content (AvgIpc) is 2.64. The second-order valence-electron chi connectivity index (χ2n) is 8.72. The van der Waals surface area contributed by atoms with Crippen molar-refractivity contribution in [3.8, 4) is 0 Å². The molecule has 176 valence electrons. The van der Waals surface area contributed by atoms with Crippen molar-refractivity contribution in [1.82, 2.24) is 20.0 Å². The maximum atomic E-state index is 12.4. The molecule has 0 aliphatic carbocycles. The van der Waals surface area contributed by atoms with Gasteiger partial charge in [0, 0.05) is 53.2 Å². The number of carbonyl (C=O) groups excluding carboxylic acids is 2. The summed E-state index contributed by atoms with van der Waals surface area (Å²) in [5.41, 5.74) is -0.473. The van der Waals surface area contributed by atoms with Crippen LogP contribution in [-0.4, -0.2) is 91.6 Å². The number of ether oxygens (including phenoxy) is 1. The van der Waals surface area contributed by atoms with Crippen molar-refractivity contribution in [2.45, 2.75) is 59.5 Å². The lowest BCUT2D eigenvalue weighted by molar-refractivity contribution is -0.128. The lowest BCUT2D eigenvalue weighted by Gasteiger charge is -2.36. The molecule has 30 heavy (non-hydrogen) atoms. The first-order chi connectivity index (χ1) is 13.6. The Hall–Kier alpha value is -1.26. The van der Waals surface area contributed by atoms with Gasteiger partial charge in [0.1, 0.15) is 5.60 Å². The van der Waals surface area contributed by atoms with Crippen molar-refractivity contribution in [2.24, 2.45) is 10.9 Å². The average molecular weight is 540 g/mol. The number of aliphatic imine (C=N–C) groups is 1. The Morgan fingerprint density at radius 1 is 1.17 bits per heavy atom. The van der Waals surface area contributed by atoms with Gasteiger partial charge in [-0.3, -0.25) is 9.79 Å². The van der Waals surface area contributed by atoms with Crippen molar-refractivity contribution in [3.63, 3.8) is 0 Å². The zero-order valence-electron chi connectivity index (χ0n) is 19.9. The van der Waals surface area contributed by atoms with Crippen LogP contribution in [0.2, 0.25) is 0 Å². The van der Waals surface area contributed by atoms with E-state index in [-0.39, 0.29) is 36.0 Å². The fraction of sp³-hybridized carbons (Fsp3) is 0.857. The third kappa shape index (κ3) is 10.7. The van der Waals surface area contributed by atoms with Gasteiger partial charge in [-0.05, 0) is 53.4 Å². The molecule has 0 aromatic rings. The molecule has 0 radical (unpaired) electrons. The summed E-state index contributed by atoms with van der Waals surface area (Å²) in [4.78, 5) is 34.4. The van der Waals surface area contributed by atoms with E-state index in [1.54, 1.807) is 23.9 Å². The third-order valence-corrected chi connectivity index (χ3v) is 4.85. The Balaban J connectivity index is 0.00000841. The number of halogens is 1. The molecule has 0 aromatic carbocycles. The van der Waals surface area contributed by atoms with Gasteiger partial charge in [-0.25, -0.2) is 4.79 Å². The van der Waals surface area contributed by atoms with Crippen LogP contribution in [-0.2, 0) is 9.53 Å². The Morgan fingerprint density at radius 2 is 1.77 bits per heavy atom. The summed E-state index contributed by atoms with van der Waals surface area (Å²) in [6.45, 7) is 14.2.